The topological polar surface area (TPSA) is 88.3 Å². The number of thiophene rings is 1. The van der Waals surface area contributed by atoms with Gasteiger partial charge in [-0.1, -0.05) is 0 Å². The predicted molar refractivity (Wildman–Crippen MR) is 81.4 cm³/mol. The molecule has 2 aromatic rings. The van der Waals surface area contributed by atoms with E-state index in [4.69, 9.17) is 0 Å². The van der Waals surface area contributed by atoms with E-state index in [9.17, 15) is 15.2 Å². The molecule has 0 fully saturated rings. The largest absolute Gasteiger partial charge is 0.387 e. The second-order valence-electron chi connectivity index (χ2n) is 4.82. The number of pyridine rings is 1. The third kappa shape index (κ3) is 3.63. The first kappa shape index (κ1) is 15.6. The molecule has 0 bridgehead atoms. The van der Waals surface area contributed by atoms with Crippen LogP contribution in [0.4, 0.5) is 5.69 Å². The summed E-state index contributed by atoms with van der Waals surface area (Å²) in [6, 6.07) is 1.87. The molecule has 1 atom stereocenters. The van der Waals surface area contributed by atoms with Gasteiger partial charge >= 0.3 is 0 Å². The van der Waals surface area contributed by atoms with Gasteiger partial charge in [-0.2, -0.15) is 11.3 Å². The maximum absolute atomic E-state index is 11.1. The molecular formula is C14H17N3O3S. The molecule has 0 aliphatic carbocycles. The minimum Gasteiger partial charge on any atom is -0.387 e. The van der Waals surface area contributed by atoms with Crippen LogP contribution in [0.15, 0.2) is 23.0 Å². The Morgan fingerprint density at radius 2 is 2.29 bits per heavy atom. The van der Waals surface area contributed by atoms with E-state index in [1.54, 1.807) is 13.8 Å². The van der Waals surface area contributed by atoms with E-state index in [2.05, 4.69) is 10.3 Å². The lowest BCUT2D eigenvalue weighted by atomic mass is 10.1. The van der Waals surface area contributed by atoms with Gasteiger partial charge in [-0.3, -0.25) is 15.1 Å². The van der Waals surface area contributed by atoms with Crippen LogP contribution < -0.4 is 5.32 Å². The molecule has 0 aliphatic rings. The number of nitrogens with one attached hydrogen (secondary N) is 1. The highest BCUT2D eigenvalue weighted by Gasteiger charge is 2.18. The summed E-state index contributed by atoms with van der Waals surface area (Å²) in [4.78, 5) is 14.9. The van der Waals surface area contributed by atoms with Crippen molar-refractivity contribution in [3.8, 4) is 0 Å². The first-order chi connectivity index (χ1) is 10.0. The minimum atomic E-state index is -0.586. The second-order valence-corrected chi connectivity index (χ2v) is 5.60. The molecule has 7 heteroatoms. The summed E-state index contributed by atoms with van der Waals surface area (Å²) in [7, 11) is 0. The lowest BCUT2D eigenvalue weighted by Gasteiger charge is -2.12. The van der Waals surface area contributed by atoms with Crippen LogP contribution in [0.3, 0.4) is 0 Å². The van der Waals surface area contributed by atoms with Gasteiger partial charge in [-0.15, -0.1) is 0 Å². The first-order valence-electron chi connectivity index (χ1n) is 6.51. The SMILES string of the molecule is Cc1cnc(CNCC(O)c2ccsc2)c(C)c1[N+](=O)[O-]. The lowest BCUT2D eigenvalue weighted by molar-refractivity contribution is -0.386. The Bertz CT molecular complexity index is 629. The average Bonchev–Trinajstić information content (AvgIpc) is 2.95. The number of hydrogen-bond donors (Lipinski definition) is 2. The maximum atomic E-state index is 11.1. The Morgan fingerprint density at radius 1 is 1.52 bits per heavy atom. The molecule has 2 aromatic heterocycles. The molecule has 0 aromatic carbocycles. The van der Waals surface area contributed by atoms with Gasteiger partial charge in [0, 0.05) is 30.4 Å². The molecule has 2 N–H and O–H groups in total. The van der Waals surface area contributed by atoms with Crippen LogP contribution in [0.25, 0.3) is 0 Å². The normalized spacial score (nSPS) is 12.3. The number of aromatic nitrogens is 1. The molecule has 2 rings (SSSR count). The van der Waals surface area contributed by atoms with Crippen molar-refractivity contribution in [3.63, 3.8) is 0 Å². The minimum absolute atomic E-state index is 0.111. The Balaban J connectivity index is 2.01. The van der Waals surface area contributed by atoms with Crippen LogP contribution in [0.2, 0.25) is 0 Å². The monoisotopic (exact) mass is 307 g/mol. The van der Waals surface area contributed by atoms with E-state index in [1.807, 2.05) is 16.8 Å². The third-order valence-electron chi connectivity index (χ3n) is 3.32. The van der Waals surface area contributed by atoms with Crippen molar-refractivity contribution in [3.05, 3.63) is 55.5 Å². The first-order valence-corrected chi connectivity index (χ1v) is 7.45. The highest BCUT2D eigenvalue weighted by molar-refractivity contribution is 7.07. The number of aryl methyl sites for hydroxylation is 1. The number of hydrogen-bond acceptors (Lipinski definition) is 6. The molecule has 1 unspecified atom stereocenters. The molecule has 21 heavy (non-hydrogen) atoms. The van der Waals surface area contributed by atoms with Crippen molar-refractivity contribution in [2.45, 2.75) is 26.5 Å². The molecule has 0 amide bonds. The highest BCUT2D eigenvalue weighted by Crippen LogP contribution is 2.24. The van der Waals surface area contributed by atoms with Crippen molar-refractivity contribution < 1.29 is 10.0 Å². The van der Waals surface area contributed by atoms with E-state index in [1.165, 1.54) is 17.5 Å². The van der Waals surface area contributed by atoms with Gasteiger partial charge in [0.2, 0.25) is 0 Å². The van der Waals surface area contributed by atoms with Crippen LogP contribution in [-0.4, -0.2) is 21.6 Å². The molecular weight excluding hydrogens is 290 g/mol. The van der Waals surface area contributed by atoms with Crippen molar-refractivity contribution >= 4 is 17.0 Å². The Kier molecular flexibility index (Phi) is 5.00. The Labute approximate surface area is 126 Å². The number of nitro groups is 1. The zero-order chi connectivity index (χ0) is 15.4. The van der Waals surface area contributed by atoms with Gasteiger partial charge in [-0.05, 0) is 36.2 Å². The molecule has 0 aliphatic heterocycles. The molecule has 0 saturated carbocycles. The third-order valence-corrected chi connectivity index (χ3v) is 4.02. The van der Waals surface area contributed by atoms with Gasteiger partial charge in [-0.25, -0.2) is 0 Å². The summed E-state index contributed by atoms with van der Waals surface area (Å²) in [5, 5.41) is 27.9. The quantitative estimate of drug-likeness (QED) is 0.632. The average molecular weight is 307 g/mol. The summed E-state index contributed by atoms with van der Waals surface area (Å²) >= 11 is 1.53. The van der Waals surface area contributed by atoms with Crippen LogP contribution >= 0.6 is 11.3 Å². The van der Waals surface area contributed by atoms with E-state index in [0.29, 0.717) is 29.9 Å². The molecule has 0 radical (unpaired) electrons. The second kappa shape index (κ2) is 6.75. The smallest absolute Gasteiger partial charge is 0.278 e. The van der Waals surface area contributed by atoms with E-state index >= 15 is 0 Å². The number of aliphatic hydroxyl groups is 1. The van der Waals surface area contributed by atoms with Crippen LogP contribution in [0, 0.1) is 24.0 Å². The summed E-state index contributed by atoms with van der Waals surface area (Å²) in [5.74, 6) is 0. The van der Waals surface area contributed by atoms with Crippen molar-refractivity contribution in [1.29, 1.82) is 0 Å². The molecule has 112 valence electrons. The predicted octanol–water partition coefficient (Wildman–Crippen LogP) is 2.49. The van der Waals surface area contributed by atoms with E-state index < -0.39 is 6.10 Å². The van der Waals surface area contributed by atoms with E-state index in [0.717, 1.165) is 5.56 Å². The number of rotatable bonds is 6. The van der Waals surface area contributed by atoms with Crippen LogP contribution in [0.5, 0.6) is 0 Å². The zero-order valence-electron chi connectivity index (χ0n) is 11.9. The molecule has 0 spiro atoms. The van der Waals surface area contributed by atoms with Crippen LogP contribution in [0.1, 0.15) is 28.5 Å². The van der Waals surface area contributed by atoms with Gasteiger partial charge in [0.05, 0.1) is 16.7 Å². The fraction of sp³-hybridized carbons (Fsp3) is 0.357. The Hall–Kier alpha value is -1.83. The summed E-state index contributed by atoms with van der Waals surface area (Å²) < 4.78 is 0. The Morgan fingerprint density at radius 3 is 2.90 bits per heavy atom. The summed E-state index contributed by atoms with van der Waals surface area (Å²) in [5.41, 5.74) is 2.73. The zero-order valence-corrected chi connectivity index (χ0v) is 12.7. The fourth-order valence-corrected chi connectivity index (χ4v) is 2.84. The summed E-state index contributed by atoms with van der Waals surface area (Å²) in [6.07, 6.45) is 0.925. The molecule has 2 heterocycles. The standard InChI is InChI=1S/C14H17N3O3S/c1-9-5-16-12(10(2)14(9)17(19)20)6-15-7-13(18)11-3-4-21-8-11/h3-5,8,13,15,18H,6-7H2,1-2H3. The molecule has 0 saturated heterocycles. The summed E-state index contributed by atoms with van der Waals surface area (Å²) in [6.45, 7) is 4.13. The van der Waals surface area contributed by atoms with Gasteiger partial charge in [0.25, 0.3) is 5.69 Å². The fourth-order valence-electron chi connectivity index (χ4n) is 2.13. The van der Waals surface area contributed by atoms with E-state index in [-0.39, 0.29) is 10.6 Å². The molecule has 6 nitrogen and oxygen atoms in total. The number of aliphatic hydroxyl groups excluding tert-OH is 1. The van der Waals surface area contributed by atoms with Crippen molar-refractivity contribution in [2.75, 3.05) is 6.54 Å². The van der Waals surface area contributed by atoms with Crippen molar-refractivity contribution in [1.82, 2.24) is 10.3 Å². The van der Waals surface area contributed by atoms with Gasteiger partial charge in [0.15, 0.2) is 0 Å². The lowest BCUT2D eigenvalue weighted by Crippen LogP contribution is -2.22. The maximum Gasteiger partial charge on any atom is 0.278 e. The number of nitrogens with zero attached hydrogens (tertiary/aromatic N) is 2. The highest BCUT2D eigenvalue weighted by atomic mass is 32.1. The van der Waals surface area contributed by atoms with Gasteiger partial charge < -0.3 is 10.4 Å². The van der Waals surface area contributed by atoms with Gasteiger partial charge in [0.1, 0.15) is 0 Å². The van der Waals surface area contributed by atoms with Crippen LogP contribution in [-0.2, 0) is 6.54 Å². The van der Waals surface area contributed by atoms with Crippen molar-refractivity contribution in [2.24, 2.45) is 0 Å².